The summed E-state index contributed by atoms with van der Waals surface area (Å²) in [6.07, 6.45) is 3.74. The van der Waals surface area contributed by atoms with Crippen molar-refractivity contribution in [2.24, 2.45) is 0 Å². The number of hydrogen-bond acceptors (Lipinski definition) is 7. The number of carboxylic acids is 1. The van der Waals surface area contributed by atoms with Crippen LogP contribution in [0.15, 0.2) is 18.2 Å². The smallest absolute Gasteiger partial charge is 0.550 e. The fourth-order valence-corrected chi connectivity index (χ4v) is 4.42. The first-order valence-corrected chi connectivity index (χ1v) is 11.0. The Hall–Kier alpha value is 0.161. The van der Waals surface area contributed by atoms with Gasteiger partial charge in [0.05, 0.1) is 26.4 Å². The van der Waals surface area contributed by atoms with E-state index in [0.29, 0.717) is 0 Å². The van der Waals surface area contributed by atoms with Gasteiger partial charge >= 0.3 is 58.5 Å². The van der Waals surface area contributed by atoms with Crippen molar-refractivity contribution in [1.29, 1.82) is 0 Å². The minimum absolute atomic E-state index is 0. The first kappa shape index (κ1) is 26.4. The molecule has 9 heteroatoms. The van der Waals surface area contributed by atoms with Crippen molar-refractivity contribution in [2.75, 3.05) is 19.6 Å². The van der Waals surface area contributed by atoms with Gasteiger partial charge in [0.25, 0.3) is 0 Å². The van der Waals surface area contributed by atoms with E-state index in [9.17, 15) is 0 Å². The molecule has 2 saturated heterocycles. The summed E-state index contributed by atoms with van der Waals surface area (Å²) in [4.78, 5) is 16.3. The number of nitrogens with zero attached hydrogens (tertiary/aromatic N) is 2. The number of carboxylic acid groups (broad SMARTS) is 1. The number of hydrogen-bond donors (Lipinski definition) is 0. The van der Waals surface area contributed by atoms with Crippen LogP contribution in [0.2, 0.25) is 0 Å². The summed E-state index contributed by atoms with van der Waals surface area (Å²) in [7, 11) is -0.316. The number of likely N-dealkylation sites (tertiary alicyclic amines) is 1. The van der Waals surface area contributed by atoms with Crippen LogP contribution in [0.4, 0.5) is 0 Å². The average molecular weight is 456 g/mol. The SMILES string of the molecule is CC(=O)[O-].CC1(C)OB(c2ccc3sc(CCN4CCCC4)nc3c2)OC1(C)C.[K+]. The van der Waals surface area contributed by atoms with Crippen molar-refractivity contribution >= 4 is 40.1 Å². The molecule has 0 amide bonds. The molecule has 1 aromatic carbocycles. The first-order valence-electron chi connectivity index (χ1n) is 10.2. The van der Waals surface area contributed by atoms with Crippen LogP contribution in [0.5, 0.6) is 0 Å². The number of benzene rings is 1. The topological polar surface area (TPSA) is 74.7 Å². The second kappa shape index (κ2) is 10.9. The normalized spacial score (nSPS) is 20.0. The van der Waals surface area contributed by atoms with Crippen LogP contribution in [0.3, 0.4) is 0 Å². The van der Waals surface area contributed by atoms with Crippen LogP contribution in [-0.4, -0.2) is 53.8 Å². The number of aromatic nitrogens is 1. The molecule has 0 bridgehead atoms. The summed E-state index contributed by atoms with van der Waals surface area (Å²) in [6.45, 7) is 12.9. The molecule has 6 nitrogen and oxygen atoms in total. The molecule has 2 fully saturated rings. The number of fused-ring (bicyclic) bond motifs is 1. The molecule has 4 rings (SSSR count). The second-order valence-electron chi connectivity index (χ2n) is 8.71. The Morgan fingerprint density at radius 1 is 1.20 bits per heavy atom. The van der Waals surface area contributed by atoms with Crippen molar-refractivity contribution < 1.29 is 70.6 Å². The van der Waals surface area contributed by atoms with E-state index >= 15 is 0 Å². The molecule has 2 aliphatic rings. The quantitative estimate of drug-likeness (QED) is 0.550. The van der Waals surface area contributed by atoms with Crippen LogP contribution < -0.4 is 62.0 Å². The molecule has 0 N–H and O–H groups in total. The Morgan fingerprint density at radius 2 is 1.77 bits per heavy atom. The predicted molar refractivity (Wildman–Crippen MR) is 115 cm³/mol. The summed E-state index contributed by atoms with van der Waals surface area (Å²) < 4.78 is 13.6. The van der Waals surface area contributed by atoms with Gasteiger partial charge in [-0.05, 0) is 78.1 Å². The van der Waals surface area contributed by atoms with Gasteiger partial charge < -0.3 is 24.1 Å². The predicted octanol–water partition coefficient (Wildman–Crippen LogP) is -1.01. The largest absolute Gasteiger partial charge is 1.00 e. The second-order valence-corrected chi connectivity index (χ2v) is 9.83. The van der Waals surface area contributed by atoms with E-state index in [1.807, 2.05) is 11.3 Å². The third-order valence-corrected chi connectivity index (χ3v) is 6.92. The summed E-state index contributed by atoms with van der Waals surface area (Å²) in [5, 5.41) is 10.1. The minimum Gasteiger partial charge on any atom is -0.550 e. The van der Waals surface area contributed by atoms with E-state index < -0.39 is 5.97 Å². The molecule has 158 valence electrons. The van der Waals surface area contributed by atoms with Crippen molar-refractivity contribution in [1.82, 2.24) is 9.88 Å². The maximum Gasteiger partial charge on any atom is 1.00 e. The van der Waals surface area contributed by atoms with E-state index in [4.69, 9.17) is 24.2 Å². The molecular weight excluding hydrogens is 426 g/mol. The van der Waals surface area contributed by atoms with Crippen LogP contribution >= 0.6 is 11.3 Å². The molecule has 0 saturated carbocycles. The Kier molecular flexibility index (Phi) is 9.56. The molecule has 0 atom stereocenters. The summed E-state index contributed by atoms with van der Waals surface area (Å²) >= 11 is 1.81. The maximum absolute atomic E-state index is 8.89. The molecule has 2 aromatic rings. The standard InChI is InChI=1S/C19H27BN2O2S.C2H4O2.K/c1-18(2)19(3,4)24-20(23-18)14-7-8-16-15(13-14)21-17(25-16)9-12-22-10-5-6-11-22;1-2(3)4;/h7-8,13H,5-6,9-12H2,1-4H3;1H3,(H,3,4);/q;;+1/p-1. The molecular formula is C21H30BKN2O4S. The third kappa shape index (κ3) is 6.59. The number of rotatable bonds is 4. The molecule has 0 radical (unpaired) electrons. The van der Waals surface area contributed by atoms with E-state index in [1.165, 1.54) is 35.6 Å². The van der Waals surface area contributed by atoms with Gasteiger partial charge in [-0.3, -0.25) is 0 Å². The van der Waals surface area contributed by atoms with E-state index in [0.717, 1.165) is 30.9 Å². The molecule has 3 heterocycles. The Morgan fingerprint density at radius 3 is 2.33 bits per heavy atom. The maximum atomic E-state index is 8.89. The van der Waals surface area contributed by atoms with Gasteiger partial charge in [0.1, 0.15) is 0 Å². The van der Waals surface area contributed by atoms with Gasteiger partial charge in [0.15, 0.2) is 0 Å². The summed E-state index contributed by atoms with van der Waals surface area (Å²) in [6, 6.07) is 6.41. The van der Waals surface area contributed by atoms with Gasteiger partial charge in [0, 0.05) is 18.9 Å². The van der Waals surface area contributed by atoms with Crippen LogP contribution in [0.25, 0.3) is 10.2 Å². The van der Waals surface area contributed by atoms with Crippen LogP contribution in [0.1, 0.15) is 52.5 Å². The molecule has 30 heavy (non-hydrogen) atoms. The van der Waals surface area contributed by atoms with Gasteiger partial charge in [-0.1, -0.05) is 6.07 Å². The fourth-order valence-electron chi connectivity index (χ4n) is 3.48. The van der Waals surface area contributed by atoms with Gasteiger partial charge in [-0.2, -0.15) is 0 Å². The zero-order valence-electron chi connectivity index (χ0n) is 19.0. The van der Waals surface area contributed by atoms with Crippen LogP contribution in [-0.2, 0) is 20.5 Å². The van der Waals surface area contributed by atoms with E-state index in [-0.39, 0.29) is 69.7 Å². The van der Waals surface area contributed by atoms with Gasteiger partial charge in [0.2, 0.25) is 0 Å². The zero-order chi connectivity index (χ0) is 21.2. The average Bonchev–Trinajstić information content (AvgIpc) is 3.30. The first-order chi connectivity index (χ1) is 13.6. The van der Waals surface area contributed by atoms with E-state index in [1.54, 1.807) is 0 Å². The van der Waals surface area contributed by atoms with Gasteiger partial charge in [-0.15, -0.1) is 11.3 Å². The van der Waals surface area contributed by atoms with Crippen molar-refractivity contribution in [3.8, 4) is 0 Å². The molecule has 1 aromatic heterocycles. The molecule has 2 aliphatic heterocycles. The zero-order valence-corrected chi connectivity index (χ0v) is 22.9. The molecule has 0 aliphatic carbocycles. The number of thiazole rings is 1. The Bertz CT molecular complexity index is 848. The Labute approximate surface area is 226 Å². The Balaban J connectivity index is 0.000000591. The monoisotopic (exact) mass is 456 g/mol. The van der Waals surface area contributed by atoms with Gasteiger partial charge in [-0.25, -0.2) is 4.98 Å². The van der Waals surface area contributed by atoms with Crippen molar-refractivity contribution in [3.05, 3.63) is 23.2 Å². The summed E-state index contributed by atoms with van der Waals surface area (Å²) in [5.74, 6) is -1.08. The van der Waals surface area contributed by atoms with Crippen LogP contribution in [0, 0.1) is 0 Å². The number of carbonyl (C=O) groups excluding carboxylic acids is 1. The van der Waals surface area contributed by atoms with Crippen molar-refractivity contribution in [3.63, 3.8) is 0 Å². The third-order valence-electron chi connectivity index (χ3n) is 5.82. The minimum atomic E-state index is -1.08. The molecule has 0 unspecified atom stereocenters. The van der Waals surface area contributed by atoms with Crippen molar-refractivity contribution in [2.45, 2.75) is 65.1 Å². The number of carbonyl (C=O) groups is 1. The number of aliphatic carboxylic acids is 1. The van der Waals surface area contributed by atoms with E-state index in [2.05, 4.69) is 50.8 Å². The fraction of sp³-hybridized carbons (Fsp3) is 0.619. The molecule has 0 spiro atoms. The summed E-state index contributed by atoms with van der Waals surface area (Å²) in [5.41, 5.74) is 1.50.